The van der Waals surface area contributed by atoms with Crippen molar-refractivity contribution in [2.45, 2.75) is 115 Å². The molecule has 2 heteroatoms. The van der Waals surface area contributed by atoms with Gasteiger partial charge in [-0.25, -0.2) is 4.39 Å². The van der Waals surface area contributed by atoms with Crippen molar-refractivity contribution in [3.8, 4) is 0 Å². The fraction of sp³-hybridized carbons (Fsp3) is 1.00. The second-order valence-corrected chi connectivity index (χ2v) is 6.71. The lowest BCUT2D eigenvalue weighted by atomic mass is 10.0. The van der Waals surface area contributed by atoms with Gasteiger partial charge in [0.15, 0.2) is 0 Å². The molecule has 0 heterocycles. The predicted octanol–water partition coefficient (Wildman–Crippen LogP) is 7.43. The SMILES string of the molecule is CCCCCCCCCCCCC(Cl)C(F)CCCC. The molecular weight excluding hydrogens is 271 g/mol. The zero-order valence-electron chi connectivity index (χ0n) is 13.8. The summed E-state index contributed by atoms with van der Waals surface area (Å²) in [6, 6.07) is 0. The molecule has 0 rings (SSSR count). The molecule has 0 aliphatic rings. The fourth-order valence-electron chi connectivity index (χ4n) is 2.59. The van der Waals surface area contributed by atoms with Crippen molar-refractivity contribution in [3.63, 3.8) is 0 Å². The van der Waals surface area contributed by atoms with Gasteiger partial charge in [-0.1, -0.05) is 90.9 Å². The van der Waals surface area contributed by atoms with E-state index >= 15 is 0 Å². The van der Waals surface area contributed by atoms with E-state index in [1.54, 1.807) is 0 Å². The second kappa shape index (κ2) is 15.6. The van der Waals surface area contributed by atoms with Crippen LogP contribution >= 0.6 is 11.6 Å². The van der Waals surface area contributed by atoms with Gasteiger partial charge in [0.1, 0.15) is 6.17 Å². The zero-order valence-corrected chi connectivity index (χ0v) is 14.6. The van der Waals surface area contributed by atoms with Crippen molar-refractivity contribution >= 4 is 11.6 Å². The lowest BCUT2D eigenvalue weighted by Crippen LogP contribution is -2.15. The van der Waals surface area contributed by atoms with E-state index in [1.807, 2.05) is 0 Å². The molecule has 2 unspecified atom stereocenters. The third kappa shape index (κ3) is 13.2. The van der Waals surface area contributed by atoms with Crippen LogP contribution in [0.25, 0.3) is 0 Å². The highest BCUT2D eigenvalue weighted by atomic mass is 35.5. The van der Waals surface area contributed by atoms with Gasteiger partial charge in [0, 0.05) is 0 Å². The first-order chi connectivity index (χ1) is 9.72. The number of alkyl halides is 2. The monoisotopic (exact) mass is 306 g/mol. The normalized spacial score (nSPS) is 14.4. The molecule has 0 saturated carbocycles. The lowest BCUT2D eigenvalue weighted by Gasteiger charge is -2.14. The minimum Gasteiger partial charge on any atom is -0.246 e. The number of hydrogen-bond acceptors (Lipinski definition) is 0. The van der Waals surface area contributed by atoms with E-state index in [1.165, 1.54) is 57.8 Å². The largest absolute Gasteiger partial charge is 0.246 e. The molecular formula is C18H36ClF. The van der Waals surface area contributed by atoms with Gasteiger partial charge >= 0.3 is 0 Å². The van der Waals surface area contributed by atoms with E-state index < -0.39 is 6.17 Å². The molecule has 0 aromatic carbocycles. The topological polar surface area (TPSA) is 0 Å². The van der Waals surface area contributed by atoms with E-state index in [2.05, 4.69) is 13.8 Å². The van der Waals surface area contributed by atoms with E-state index in [0.29, 0.717) is 6.42 Å². The van der Waals surface area contributed by atoms with Gasteiger partial charge in [0.05, 0.1) is 5.38 Å². The van der Waals surface area contributed by atoms with Gasteiger partial charge in [-0.15, -0.1) is 11.6 Å². The van der Waals surface area contributed by atoms with E-state index in [-0.39, 0.29) is 5.38 Å². The molecule has 20 heavy (non-hydrogen) atoms. The highest BCUT2D eigenvalue weighted by Gasteiger charge is 2.16. The van der Waals surface area contributed by atoms with Crippen molar-refractivity contribution in [1.82, 2.24) is 0 Å². The van der Waals surface area contributed by atoms with E-state index in [9.17, 15) is 4.39 Å². The van der Waals surface area contributed by atoms with Crippen LogP contribution < -0.4 is 0 Å². The maximum atomic E-state index is 13.6. The zero-order chi connectivity index (χ0) is 15.1. The number of hydrogen-bond donors (Lipinski definition) is 0. The molecule has 0 aliphatic heterocycles. The molecule has 0 spiro atoms. The standard InChI is InChI=1S/C18H36ClF/c1-3-5-7-8-9-10-11-12-13-14-15-17(19)18(20)16-6-4-2/h17-18H,3-16H2,1-2H3. The van der Waals surface area contributed by atoms with Crippen molar-refractivity contribution in [2.75, 3.05) is 0 Å². The Morgan fingerprint density at radius 1 is 0.650 bits per heavy atom. The van der Waals surface area contributed by atoms with Crippen LogP contribution in [0.15, 0.2) is 0 Å². The Morgan fingerprint density at radius 2 is 1.10 bits per heavy atom. The summed E-state index contributed by atoms with van der Waals surface area (Å²) < 4.78 is 13.6. The van der Waals surface area contributed by atoms with Gasteiger partial charge in [-0.3, -0.25) is 0 Å². The molecule has 0 aromatic rings. The Hall–Kier alpha value is 0.220. The molecule has 0 aliphatic carbocycles. The molecule has 0 radical (unpaired) electrons. The van der Waals surface area contributed by atoms with E-state index in [4.69, 9.17) is 11.6 Å². The number of unbranched alkanes of at least 4 members (excludes halogenated alkanes) is 10. The van der Waals surface area contributed by atoms with Crippen LogP contribution in [0.3, 0.4) is 0 Å². The highest BCUT2D eigenvalue weighted by Crippen LogP contribution is 2.20. The van der Waals surface area contributed by atoms with Gasteiger partial charge in [0.2, 0.25) is 0 Å². The lowest BCUT2D eigenvalue weighted by molar-refractivity contribution is 0.286. The Balaban J connectivity index is 3.22. The van der Waals surface area contributed by atoms with Crippen LogP contribution in [0.1, 0.15) is 104 Å². The Morgan fingerprint density at radius 3 is 1.60 bits per heavy atom. The van der Waals surface area contributed by atoms with Crippen LogP contribution in [0, 0.1) is 0 Å². The van der Waals surface area contributed by atoms with Crippen LogP contribution in [0.5, 0.6) is 0 Å². The first kappa shape index (κ1) is 20.2. The third-order valence-corrected chi connectivity index (χ3v) is 4.55. The van der Waals surface area contributed by atoms with Crippen LogP contribution in [-0.2, 0) is 0 Å². The molecule has 0 saturated heterocycles. The Labute approximate surface area is 131 Å². The summed E-state index contributed by atoms with van der Waals surface area (Å²) >= 11 is 6.10. The maximum Gasteiger partial charge on any atom is 0.116 e. The Kier molecular flexibility index (Phi) is 15.8. The average molecular weight is 307 g/mol. The molecule has 0 fully saturated rings. The fourth-order valence-corrected chi connectivity index (χ4v) is 2.87. The van der Waals surface area contributed by atoms with Crippen molar-refractivity contribution in [2.24, 2.45) is 0 Å². The van der Waals surface area contributed by atoms with E-state index in [0.717, 1.165) is 25.7 Å². The molecule has 0 amide bonds. The van der Waals surface area contributed by atoms with Gasteiger partial charge in [-0.2, -0.15) is 0 Å². The molecule has 0 bridgehead atoms. The number of rotatable bonds is 15. The minimum absolute atomic E-state index is 0.254. The maximum absolute atomic E-state index is 13.6. The summed E-state index contributed by atoms with van der Waals surface area (Å²) in [5.41, 5.74) is 0. The first-order valence-corrected chi connectivity index (χ1v) is 9.44. The molecule has 0 nitrogen and oxygen atoms in total. The molecule has 0 N–H and O–H groups in total. The quantitative estimate of drug-likeness (QED) is 0.218. The predicted molar refractivity (Wildman–Crippen MR) is 90.5 cm³/mol. The third-order valence-electron chi connectivity index (χ3n) is 4.06. The minimum atomic E-state index is -0.796. The summed E-state index contributed by atoms with van der Waals surface area (Å²) in [6.07, 6.45) is 15.9. The highest BCUT2D eigenvalue weighted by molar-refractivity contribution is 6.21. The smallest absolute Gasteiger partial charge is 0.116 e. The second-order valence-electron chi connectivity index (χ2n) is 6.14. The van der Waals surface area contributed by atoms with Crippen LogP contribution in [-0.4, -0.2) is 11.5 Å². The molecule has 0 aromatic heterocycles. The van der Waals surface area contributed by atoms with Gasteiger partial charge in [-0.05, 0) is 12.8 Å². The van der Waals surface area contributed by atoms with Crippen LogP contribution in [0.4, 0.5) is 4.39 Å². The molecule has 122 valence electrons. The summed E-state index contributed by atoms with van der Waals surface area (Å²) in [5, 5.41) is -0.254. The average Bonchev–Trinajstić information content (AvgIpc) is 2.46. The van der Waals surface area contributed by atoms with Gasteiger partial charge < -0.3 is 0 Å². The van der Waals surface area contributed by atoms with Crippen molar-refractivity contribution in [1.29, 1.82) is 0 Å². The van der Waals surface area contributed by atoms with Gasteiger partial charge in [0.25, 0.3) is 0 Å². The first-order valence-electron chi connectivity index (χ1n) is 9.00. The van der Waals surface area contributed by atoms with Crippen molar-refractivity contribution in [3.05, 3.63) is 0 Å². The van der Waals surface area contributed by atoms with Crippen LogP contribution in [0.2, 0.25) is 0 Å². The summed E-state index contributed by atoms with van der Waals surface area (Å²) in [7, 11) is 0. The summed E-state index contributed by atoms with van der Waals surface area (Å²) in [6.45, 7) is 4.35. The summed E-state index contributed by atoms with van der Waals surface area (Å²) in [5.74, 6) is 0. The number of halogens is 2. The Bertz CT molecular complexity index is 184. The summed E-state index contributed by atoms with van der Waals surface area (Å²) in [4.78, 5) is 0. The van der Waals surface area contributed by atoms with Crippen molar-refractivity contribution < 1.29 is 4.39 Å². The molecule has 2 atom stereocenters.